The quantitative estimate of drug-likeness (QED) is 0.884. The van der Waals surface area contributed by atoms with E-state index in [0.29, 0.717) is 18.5 Å². The lowest BCUT2D eigenvalue weighted by molar-refractivity contribution is 0.362. The molecule has 1 aliphatic heterocycles. The minimum atomic E-state index is 0.326. The number of para-hydroxylation sites is 1. The molecule has 0 bridgehead atoms. The highest BCUT2D eigenvalue weighted by molar-refractivity contribution is 5.74. The first-order valence-electron chi connectivity index (χ1n) is 6.84. The first-order chi connectivity index (χ1) is 9.28. The van der Waals surface area contributed by atoms with Gasteiger partial charge < -0.3 is 10.6 Å². The van der Waals surface area contributed by atoms with Gasteiger partial charge in [-0.05, 0) is 30.9 Å². The van der Waals surface area contributed by atoms with Crippen molar-refractivity contribution < 1.29 is 0 Å². The minimum absolute atomic E-state index is 0.326. The summed E-state index contributed by atoms with van der Waals surface area (Å²) in [6.07, 6.45) is 2.26. The van der Waals surface area contributed by atoms with E-state index in [1.807, 2.05) is 24.3 Å². The molecule has 1 saturated heterocycles. The third-order valence-electron chi connectivity index (χ3n) is 3.86. The SMILES string of the molecule is CC1CCN(c2nnc3ccccc3n2)C(CN)C1. The fourth-order valence-corrected chi connectivity index (χ4v) is 2.73. The zero-order valence-electron chi connectivity index (χ0n) is 11.2. The molecule has 1 fully saturated rings. The molecular formula is C14H19N5. The van der Waals surface area contributed by atoms with Gasteiger partial charge in [-0.3, -0.25) is 0 Å². The molecule has 1 aliphatic rings. The molecule has 100 valence electrons. The summed E-state index contributed by atoms with van der Waals surface area (Å²) in [6.45, 7) is 3.88. The van der Waals surface area contributed by atoms with Gasteiger partial charge >= 0.3 is 0 Å². The van der Waals surface area contributed by atoms with Crippen molar-refractivity contribution >= 4 is 17.0 Å². The van der Waals surface area contributed by atoms with Crippen LogP contribution in [0.25, 0.3) is 11.0 Å². The smallest absolute Gasteiger partial charge is 0.246 e. The summed E-state index contributed by atoms with van der Waals surface area (Å²) in [6, 6.07) is 8.14. The van der Waals surface area contributed by atoms with Gasteiger partial charge in [0.2, 0.25) is 5.95 Å². The molecule has 0 amide bonds. The normalized spacial score (nSPS) is 23.8. The number of nitrogens with zero attached hydrogens (tertiary/aromatic N) is 4. The highest BCUT2D eigenvalue weighted by Gasteiger charge is 2.27. The van der Waals surface area contributed by atoms with Crippen LogP contribution in [-0.2, 0) is 0 Å². The molecule has 2 heterocycles. The maximum atomic E-state index is 5.89. The molecule has 2 unspecified atom stereocenters. The van der Waals surface area contributed by atoms with E-state index in [1.165, 1.54) is 0 Å². The predicted molar refractivity (Wildman–Crippen MR) is 75.9 cm³/mol. The van der Waals surface area contributed by atoms with Gasteiger partial charge in [0, 0.05) is 19.1 Å². The van der Waals surface area contributed by atoms with Crippen molar-refractivity contribution in [1.82, 2.24) is 15.2 Å². The van der Waals surface area contributed by atoms with Crippen molar-refractivity contribution in [3.05, 3.63) is 24.3 Å². The summed E-state index contributed by atoms with van der Waals surface area (Å²) in [5, 5.41) is 8.51. The molecule has 0 spiro atoms. The molecule has 0 saturated carbocycles. The van der Waals surface area contributed by atoms with Gasteiger partial charge in [0.15, 0.2) is 0 Å². The number of anilines is 1. The van der Waals surface area contributed by atoms with Crippen LogP contribution in [0, 0.1) is 5.92 Å². The van der Waals surface area contributed by atoms with Crippen molar-refractivity contribution in [2.45, 2.75) is 25.8 Å². The summed E-state index contributed by atoms with van der Waals surface area (Å²) in [5.74, 6) is 1.43. The van der Waals surface area contributed by atoms with Gasteiger partial charge in [-0.25, -0.2) is 4.98 Å². The van der Waals surface area contributed by atoms with Gasteiger partial charge in [-0.1, -0.05) is 19.1 Å². The summed E-state index contributed by atoms with van der Waals surface area (Å²) < 4.78 is 0. The third-order valence-corrected chi connectivity index (χ3v) is 3.86. The highest BCUT2D eigenvalue weighted by Crippen LogP contribution is 2.25. The Bertz CT molecular complexity index is 571. The lowest BCUT2D eigenvalue weighted by atomic mass is 9.93. The number of hydrogen-bond acceptors (Lipinski definition) is 5. The molecule has 2 N–H and O–H groups in total. The minimum Gasteiger partial charge on any atom is -0.335 e. The highest BCUT2D eigenvalue weighted by atomic mass is 15.3. The third kappa shape index (κ3) is 2.38. The van der Waals surface area contributed by atoms with Gasteiger partial charge in [-0.15, -0.1) is 10.2 Å². The molecule has 19 heavy (non-hydrogen) atoms. The van der Waals surface area contributed by atoms with E-state index in [4.69, 9.17) is 5.73 Å². The number of fused-ring (bicyclic) bond motifs is 1. The molecule has 1 aromatic carbocycles. The first-order valence-corrected chi connectivity index (χ1v) is 6.84. The Morgan fingerprint density at radius 1 is 1.26 bits per heavy atom. The van der Waals surface area contributed by atoms with Crippen molar-refractivity contribution in [2.24, 2.45) is 11.7 Å². The number of piperidine rings is 1. The maximum Gasteiger partial charge on any atom is 0.246 e. The zero-order valence-corrected chi connectivity index (χ0v) is 11.2. The van der Waals surface area contributed by atoms with Crippen LogP contribution in [0.2, 0.25) is 0 Å². The van der Waals surface area contributed by atoms with Crippen LogP contribution in [0.15, 0.2) is 24.3 Å². The van der Waals surface area contributed by atoms with E-state index in [-0.39, 0.29) is 0 Å². The number of rotatable bonds is 2. The Kier molecular flexibility index (Phi) is 3.29. The lowest BCUT2D eigenvalue weighted by Crippen LogP contribution is -2.47. The van der Waals surface area contributed by atoms with Gasteiger partial charge in [0.05, 0.1) is 5.52 Å². The van der Waals surface area contributed by atoms with Gasteiger partial charge in [0.25, 0.3) is 0 Å². The molecule has 2 aromatic rings. The van der Waals surface area contributed by atoms with Crippen molar-refractivity contribution in [1.29, 1.82) is 0 Å². The molecule has 1 aromatic heterocycles. The van der Waals surface area contributed by atoms with E-state index in [0.717, 1.165) is 36.3 Å². The Balaban J connectivity index is 1.94. The second-order valence-corrected chi connectivity index (χ2v) is 5.31. The summed E-state index contributed by atoms with van der Waals surface area (Å²) in [5.41, 5.74) is 7.61. The van der Waals surface area contributed by atoms with Crippen molar-refractivity contribution in [3.8, 4) is 0 Å². The number of hydrogen-bond donors (Lipinski definition) is 1. The number of nitrogens with two attached hydrogens (primary N) is 1. The average Bonchev–Trinajstić information content (AvgIpc) is 2.46. The topological polar surface area (TPSA) is 67.9 Å². The number of benzene rings is 1. The Labute approximate surface area is 112 Å². The molecule has 0 aliphatic carbocycles. The largest absolute Gasteiger partial charge is 0.335 e. The summed E-state index contributed by atoms with van der Waals surface area (Å²) >= 11 is 0. The second kappa shape index (κ2) is 5.09. The second-order valence-electron chi connectivity index (χ2n) is 5.31. The molecular weight excluding hydrogens is 238 g/mol. The zero-order chi connectivity index (χ0) is 13.2. The van der Waals surface area contributed by atoms with Gasteiger partial charge in [-0.2, -0.15) is 0 Å². The van der Waals surface area contributed by atoms with Gasteiger partial charge in [0.1, 0.15) is 5.52 Å². The lowest BCUT2D eigenvalue weighted by Gasteiger charge is -2.37. The summed E-state index contributed by atoms with van der Waals surface area (Å²) in [7, 11) is 0. The van der Waals surface area contributed by atoms with E-state index in [9.17, 15) is 0 Å². The monoisotopic (exact) mass is 257 g/mol. The van der Waals surface area contributed by atoms with E-state index in [2.05, 4.69) is 27.0 Å². The standard InChI is InChI=1S/C14H19N5/c1-10-6-7-19(11(8-10)9-15)14-16-12-4-2-3-5-13(12)17-18-14/h2-5,10-11H,6-9,15H2,1H3. The predicted octanol–water partition coefficient (Wildman–Crippen LogP) is 1.59. The Hall–Kier alpha value is -1.75. The Morgan fingerprint density at radius 2 is 2.05 bits per heavy atom. The van der Waals surface area contributed by atoms with E-state index in [1.54, 1.807) is 0 Å². The van der Waals surface area contributed by atoms with Crippen molar-refractivity contribution in [2.75, 3.05) is 18.0 Å². The van der Waals surface area contributed by atoms with Crippen LogP contribution in [0.5, 0.6) is 0 Å². The van der Waals surface area contributed by atoms with Crippen LogP contribution in [0.4, 0.5) is 5.95 Å². The fraction of sp³-hybridized carbons (Fsp3) is 0.500. The van der Waals surface area contributed by atoms with Crippen molar-refractivity contribution in [3.63, 3.8) is 0 Å². The van der Waals surface area contributed by atoms with E-state index < -0.39 is 0 Å². The molecule has 5 nitrogen and oxygen atoms in total. The molecule has 0 radical (unpaired) electrons. The summed E-state index contributed by atoms with van der Waals surface area (Å²) in [4.78, 5) is 6.83. The Morgan fingerprint density at radius 3 is 2.84 bits per heavy atom. The van der Waals surface area contributed by atoms with Crippen LogP contribution in [-0.4, -0.2) is 34.3 Å². The number of aromatic nitrogens is 3. The fourth-order valence-electron chi connectivity index (χ4n) is 2.73. The average molecular weight is 257 g/mol. The molecule has 2 atom stereocenters. The van der Waals surface area contributed by atoms with Crippen LogP contribution < -0.4 is 10.6 Å². The molecule has 3 rings (SSSR count). The first kappa shape index (κ1) is 12.3. The van der Waals surface area contributed by atoms with Crippen LogP contribution >= 0.6 is 0 Å². The maximum absolute atomic E-state index is 5.89. The molecule has 5 heteroatoms. The van der Waals surface area contributed by atoms with Crippen LogP contribution in [0.1, 0.15) is 19.8 Å². The van der Waals surface area contributed by atoms with Crippen LogP contribution in [0.3, 0.4) is 0 Å². The van der Waals surface area contributed by atoms with E-state index >= 15 is 0 Å².